The summed E-state index contributed by atoms with van der Waals surface area (Å²) in [5.74, 6) is 0.303. The summed E-state index contributed by atoms with van der Waals surface area (Å²) in [6, 6.07) is -0.147. The van der Waals surface area contributed by atoms with Gasteiger partial charge in [0, 0.05) is 12.6 Å². The Kier molecular flexibility index (Phi) is 4.11. The van der Waals surface area contributed by atoms with Gasteiger partial charge < -0.3 is 15.7 Å². The quantitative estimate of drug-likeness (QED) is 0.705. The van der Waals surface area contributed by atoms with Crippen LogP contribution >= 0.6 is 0 Å². The van der Waals surface area contributed by atoms with Gasteiger partial charge in [-0.15, -0.1) is 0 Å². The highest BCUT2D eigenvalue weighted by molar-refractivity contribution is 5.79. The Morgan fingerprint density at radius 2 is 2.20 bits per heavy atom. The van der Waals surface area contributed by atoms with Crippen molar-refractivity contribution in [1.82, 2.24) is 4.90 Å². The van der Waals surface area contributed by atoms with E-state index >= 15 is 0 Å². The Balaban J connectivity index is 2.67. The normalized spacial score (nSPS) is 30.3. The van der Waals surface area contributed by atoms with E-state index in [-0.39, 0.29) is 30.5 Å². The van der Waals surface area contributed by atoms with E-state index in [4.69, 9.17) is 5.73 Å². The van der Waals surface area contributed by atoms with Crippen molar-refractivity contribution in [3.63, 3.8) is 0 Å². The van der Waals surface area contributed by atoms with Gasteiger partial charge in [0.05, 0.1) is 18.6 Å². The van der Waals surface area contributed by atoms with E-state index in [9.17, 15) is 9.90 Å². The molecule has 0 radical (unpaired) electrons. The molecule has 88 valence electrons. The first-order valence-electron chi connectivity index (χ1n) is 5.66. The molecule has 0 saturated carbocycles. The highest BCUT2D eigenvalue weighted by atomic mass is 16.3. The van der Waals surface area contributed by atoms with Gasteiger partial charge >= 0.3 is 0 Å². The topological polar surface area (TPSA) is 66.6 Å². The Morgan fingerprint density at radius 1 is 1.60 bits per heavy atom. The van der Waals surface area contributed by atoms with E-state index in [1.54, 1.807) is 4.90 Å². The highest BCUT2D eigenvalue weighted by Gasteiger charge is 2.36. The summed E-state index contributed by atoms with van der Waals surface area (Å²) in [5, 5.41) is 9.25. The van der Waals surface area contributed by atoms with Crippen LogP contribution in [0.25, 0.3) is 0 Å². The number of nitrogens with two attached hydrogens (primary N) is 1. The third-order valence-electron chi connectivity index (χ3n) is 3.53. The van der Waals surface area contributed by atoms with Crippen LogP contribution in [0, 0.1) is 11.8 Å². The predicted octanol–water partition coefficient (Wildman–Crippen LogP) is 0.199. The molecule has 1 fully saturated rings. The molecule has 1 rings (SSSR count). The molecule has 0 bridgehead atoms. The third-order valence-corrected chi connectivity index (χ3v) is 3.53. The number of likely N-dealkylation sites (tertiary alicyclic amines) is 1. The van der Waals surface area contributed by atoms with Crippen LogP contribution in [0.5, 0.6) is 0 Å². The number of carbonyl (C=O) groups excluding carboxylic acids is 1. The van der Waals surface area contributed by atoms with Crippen molar-refractivity contribution >= 4 is 5.91 Å². The van der Waals surface area contributed by atoms with E-state index in [0.29, 0.717) is 5.92 Å². The van der Waals surface area contributed by atoms with E-state index < -0.39 is 0 Å². The van der Waals surface area contributed by atoms with Crippen LogP contribution in [0.2, 0.25) is 0 Å². The van der Waals surface area contributed by atoms with Gasteiger partial charge in [0.1, 0.15) is 0 Å². The largest absolute Gasteiger partial charge is 0.394 e. The summed E-state index contributed by atoms with van der Waals surface area (Å²) >= 11 is 0. The fourth-order valence-corrected chi connectivity index (χ4v) is 2.05. The van der Waals surface area contributed by atoms with Gasteiger partial charge in [-0.25, -0.2) is 0 Å². The minimum absolute atomic E-state index is 0.0151. The summed E-state index contributed by atoms with van der Waals surface area (Å²) in [6.45, 7) is 6.58. The first kappa shape index (κ1) is 12.5. The van der Waals surface area contributed by atoms with Crippen molar-refractivity contribution in [2.75, 3.05) is 13.2 Å². The zero-order valence-corrected chi connectivity index (χ0v) is 9.81. The molecule has 1 aliphatic rings. The van der Waals surface area contributed by atoms with Crippen LogP contribution < -0.4 is 5.73 Å². The molecule has 1 amide bonds. The molecular weight excluding hydrogens is 192 g/mol. The lowest BCUT2D eigenvalue weighted by atomic mass is 10.0. The van der Waals surface area contributed by atoms with Gasteiger partial charge in [-0.3, -0.25) is 4.79 Å². The Bertz CT molecular complexity index is 231. The lowest BCUT2D eigenvalue weighted by molar-refractivity contribution is -0.137. The fraction of sp³-hybridized carbons (Fsp3) is 0.909. The number of carbonyl (C=O) groups is 1. The molecule has 0 spiro atoms. The molecule has 0 aromatic carbocycles. The molecule has 4 heteroatoms. The van der Waals surface area contributed by atoms with Crippen LogP contribution in [0.4, 0.5) is 0 Å². The van der Waals surface area contributed by atoms with Crippen molar-refractivity contribution < 1.29 is 9.90 Å². The average Bonchev–Trinajstić information content (AvgIpc) is 2.57. The number of rotatable bonds is 3. The maximum absolute atomic E-state index is 12.0. The van der Waals surface area contributed by atoms with Crippen LogP contribution in [0.15, 0.2) is 0 Å². The van der Waals surface area contributed by atoms with Gasteiger partial charge in [0.25, 0.3) is 0 Å². The summed E-state index contributed by atoms with van der Waals surface area (Å²) < 4.78 is 0. The lowest BCUT2D eigenvalue weighted by Gasteiger charge is -2.29. The highest BCUT2D eigenvalue weighted by Crippen LogP contribution is 2.25. The van der Waals surface area contributed by atoms with Crippen molar-refractivity contribution in [3.05, 3.63) is 0 Å². The molecule has 4 nitrogen and oxygen atoms in total. The molecule has 4 atom stereocenters. The summed E-state index contributed by atoms with van der Waals surface area (Å²) in [5.41, 5.74) is 5.72. The number of aliphatic hydroxyl groups excluding tert-OH is 1. The molecule has 4 unspecified atom stereocenters. The predicted molar refractivity (Wildman–Crippen MR) is 59.2 cm³/mol. The monoisotopic (exact) mass is 214 g/mol. The van der Waals surface area contributed by atoms with Gasteiger partial charge in [-0.2, -0.15) is 0 Å². The molecule has 0 aliphatic carbocycles. The first-order valence-corrected chi connectivity index (χ1v) is 5.66. The van der Waals surface area contributed by atoms with Crippen LogP contribution in [0.3, 0.4) is 0 Å². The SMILES string of the molecule is CC(N)C(C)C(=O)N1CCC(C)C1CO. The van der Waals surface area contributed by atoms with Crippen molar-refractivity contribution in [2.24, 2.45) is 17.6 Å². The maximum atomic E-state index is 12.0. The Morgan fingerprint density at radius 3 is 2.67 bits per heavy atom. The van der Waals surface area contributed by atoms with E-state index in [2.05, 4.69) is 6.92 Å². The summed E-state index contributed by atoms with van der Waals surface area (Å²) in [7, 11) is 0. The molecule has 1 saturated heterocycles. The Hall–Kier alpha value is -0.610. The number of aliphatic hydroxyl groups is 1. The van der Waals surface area contributed by atoms with Gasteiger partial charge in [0.2, 0.25) is 5.91 Å². The lowest BCUT2D eigenvalue weighted by Crippen LogP contribution is -2.46. The van der Waals surface area contributed by atoms with Crippen molar-refractivity contribution in [1.29, 1.82) is 0 Å². The van der Waals surface area contributed by atoms with E-state index in [1.165, 1.54) is 0 Å². The number of amides is 1. The molecule has 1 heterocycles. The maximum Gasteiger partial charge on any atom is 0.227 e. The van der Waals surface area contributed by atoms with E-state index in [0.717, 1.165) is 13.0 Å². The molecule has 15 heavy (non-hydrogen) atoms. The minimum atomic E-state index is -0.163. The van der Waals surface area contributed by atoms with Gasteiger partial charge in [-0.1, -0.05) is 13.8 Å². The molecule has 1 aliphatic heterocycles. The smallest absolute Gasteiger partial charge is 0.227 e. The first-order chi connectivity index (χ1) is 6.99. The second-order valence-electron chi connectivity index (χ2n) is 4.70. The number of hydrogen-bond acceptors (Lipinski definition) is 3. The van der Waals surface area contributed by atoms with Crippen LogP contribution in [-0.4, -0.2) is 41.1 Å². The second kappa shape index (κ2) is 4.94. The molecule has 0 aromatic heterocycles. The minimum Gasteiger partial charge on any atom is -0.394 e. The summed E-state index contributed by atoms with van der Waals surface area (Å²) in [6.07, 6.45) is 0.975. The second-order valence-corrected chi connectivity index (χ2v) is 4.70. The van der Waals surface area contributed by atoms with Crippen LogP contribution in [-0.2, 0) is 4.79 Å². The van der Waals surface area contributed by atoms with Gasteiger partial charge in [-0.05, 0) is 19.3 Å². The fourth-order valence-electron chi connectivity index (χ4n) is 2.05. The zero-order valence-electron chi connectivity index (χ0n) is 9.81. The van der Waals surface area contributed by atoms with E-state index in [1.807, 2.05) is 13.8 Å². The standard InChI is InChI=1S/C11H22N2O2/c1-7-4-5-13(10(7)6-14)11(15)8(2)9(3)12/h7-10,14H,4-6,12H2,1-3H3. The average molecular weight is 214 g/mol. The number of hydrogen-bond donors (Lipinski definition) is 2. The molecular formula is C11H22N2O2. The van der Waals surface area contributed by atoms with Gasteiger partial charge in [0.15, 0.2) is 0 Å². The Labute approximate surface area is 91.4 Å². The zero-order chi connectivity index (χ0) is 11.6. The molecule has 3 N–H and O–H groups in total. The van der Waals surface area contributed by atoms with Crippen LogP contribution in [0.1, 0.15) is 27.2 Å². The van der Waals surface area contributed by atoms with Crippen molar-refractivity contribution in [2.45, 2.75) is 39.3 Å². The number of nitrogens with zero attached hydrogens (tertiary/aromatic N) is 1. The third kappa shape index (κ3) is 2.49. The summed E-state index contributed by atoms with van der Waals surface area (Å²) in [4.78, 5) is 13.8. The molecule has 0 aromatic rings. The van der Waals surface area contributed by atoms with Crippen molar-refractivity contribution in [3.8, 4) is 0 Å².